The molecule has 0 saturated carbocycles. The van der Waals surface area contributed by atoms with Gasteiger partial charge in [0.25, 0.3) is 5.91 Å². The summed E-state index contributed by atoms with van der Waals surface area (Å²) in [5.74, 6) is 0.684. The van der Waals surface area contributed by atoms with Gasteiger partial charge in [-0.05, 0) is 36.5 Å². The molecule has 18 heavy (non-hydrogen) atoms. The molecule has 3 heteroatoms. The van der Waals surface area contributed by atoms with Crippen LogP contribution in [0.25, 0.3) is 0 Å². The van der Waals surface area contributed by atoms with E-state index in [0.29, 0.717) is 12.0 Å². The second kappa shape index (κ2) is 5.87. The van der Waals surface area contributed by atoms with E-state index in [1.54, 1.807) is 0 Å². The lowest BCUT2D eigenvalue weighted by molar-refractivity contribution is 0.0750. The zero-order valence-corrected chi connectivity index (χ0v) is 12.6. The van der Waals surface area contributed by atoms with E-state index in [1.165, 1.54) is 5.56 Å². The Balaban J connectivity index is 2.13. The summed E-state index contributed by atoms with van der Waals surface area (Å²) in [6.45, 7) is 5.22. The molecule has 1 heterocycles. The number of benzene rings is 1. The third-order valence-corrected chi connectivity index (χ3v) is 4.39. The summed E-state index contributed by atoms with van der Waals surface area (Å²) in [6.07, 6.45) is 2.23. The predicted octanol–water partition coefficient (Wildman–Crippen LogP) is 3.81. The number of carbonyl (C=O) groups excluding carboxylic acids is 1. The van der Waals surface area contributed by atoms with Crippen LogP contribution in [-0.2, 0) is 0 Å². The monoisotopic (exact) mass is 309 g/mol. The minimum atomic E-state index is 0.173. The van der Waals surface area contributed by atoms with Gasteiger partial charge in [-0.2, -0.15) is 0 Å². The minimum absolute atomic E-state index is 0.173. The first-order valence-corrected chi connectivity index (χ1v) is 7.72. The lowest BCUT2D eigenvalue weighted by atomic mass is 10.0. The average molecular weight is 310 g/mol. The van der Waals surface area contributed by atoms with Crippen molar-refractivity contribution >= 4 is 21.8 Å². The van der Waals surface area contributed by atoms with Crippen LogP contribution in [0.3, 0.4) is 0 Å². The fraction of sp³-hybridized carbons (Fsp3) is 0.533. The number of alkyl halides is 1. The Kier molecular flexibility index (Phi) is 4.44. The fourth-order valence-corrected chi connectivity index (χ4v) is 3.11. The molecule has 98 valence electrons. The molecule has 0 N–H and O–H groups in total. The van der Waals surface area contributed by atoms with E-state index in [2.05, 4.69) is 41.9 Å². The maximum atomic E-state index is 12.4. The van der Waals surface area contributed by atoms with Crippen molar-refractivity contribution in [2.45, 2.75) is 38.6 Å². The van der Waals surface area contributed by atoms with Crippen molar-refractivity contribution in [3.63, 3.8) is 0 Å². The standard InChI is InChI=1S/C15H20BrNO/c1-11(2)12-5-7-13(8-6-12)15(18)17-9-3-4-14(17)10-16/h5-8,11,14H,3-4,9-10H2,1-2H3. The van der Waals surface area contributed by atoms with Crippen molar-refractivity contribution in [1.29, 1.82) is 0 Å². The van der Waals surface area contributed by atoms with Crippen molar-refractivity contribution in [2.24, 2.45) is 0 Å². The largest absolute Gasteiger partial charge is 0.335 e. The van der Waals surface area contributed by atoms with Gasteiger partial charge in [0.05, 0.1) is 0 Å². The molecular weight excluding hydrogens is 290 g/mol. The molecular formula is C15H20BrNO. The fourth-order valence-electron chi connectivity index (χ4n) is 2.44. The molecule has 1 fully saturated rings. The van der Waals surface area contributed by atoms with Crippen LogP contribution in [0.1, 0.15) is 48.5 Å². The van der Waals surface area contributed by atoms with Gasteiger partial charge in [-0.25, -0.2) is 0 Å². The van der Waals surface area contributed by atoms with Gasteiger partial charge >= 0.3 is 0 Å². The van der Waals surface area contributed by atoms with Crippen LogP contribution in [0.4, 0.5) is 0 Å². The van der Waals surface area contributed by atoms with Crippen LogP contribution >= 0.6 is 15.9 Å². The van der Waals surface area contributed by atoms with E-state index >= 15 is 0 Å². The Hall–Kier alpha value is -0.830. The van der Waals surface area contributed by atoms with E-state index in [0.717, 1.165) is 30.3 Å². The van der Waals surface area contributed by atoms with Crippen molar-refractivity contribution in [3.05, 3.63) is 35.4 Å². The number of amides is 1. The Morgan fingerprint density at radius 1 is 1.39 bits per heavy atom. The molecule has 1 aliphatic rings. The number of rotatable bonds is 3. The Morgan fingerprint density at radius 2 is 2.06 bits per heavy atom. The second-order valence-corrected chi connectivity index (χ2v) is 5.87. The summed E-state index contributed by atoms with van der Waals surface area (Å²) >= 11 is 3.49. The molecule has 0 radical (unpaired) electrons. The molecule has 0 aromatic heterocycles. The lowest BCUT2D eigenvalue weighted by Gasteiger charge is -2.23. The van der Waals surface area contributed by atoms with E-state index in [4.69, 9.17) is 0 Å². The van der Waals surface area contributed by atoms with E-state index in [-0.39, 0.29) is 5.91 Å². The number of halogens is 1. The molecule has 1 aliphatic heterocycles. The van der Waals surface area contributed by atoms with Gasteiger partial charge in [0.2, 0.25) is 0 Å². The van der Waals surface area contributed by atoms with E-state index in [9.17, 15) is 4.79 Å². The zero-order chi connectivity index (χ0) is 13.1. The number of nitrogens with zero attached hydrogens (tertiary/aromatic N) is 1. The van der Waals surface area contributed by atoms with Crippen LogP contribution in [0.5, 0.6) is 0 Å². The molecule has 1 unspecified atom stereocenters. The summed E-state index contributed by atoms with van der Waals surface area (Å²) < 4.78 is 0. The van der Waals surface area contributed by atoms with Crippen molar-refractivity contribution < 1.29 is 4.79 Å². The highest BCUT2D eigenvalue weighted by atomic mass is 79.9. The summed E-state index contributed by atoms with van der Waals surface area (Å²) in [7, 11) is 0. The normalized spacial score (nSPS) is 19.6. The highest BCUT2D eigenvalue weighted by molar-refractivity contribution is 9.09. The first-order chi connectivity index (χ1) is 8.63. The lowest BCUT2D eigenvalue weighted by Crippen LogP contribution is -2.36. The number of hydrogen-bond acceptors (Lipinski definition) is 1. The summed E-state index contributed by atoms with van der Waals surface area (Å²) in [4.78, 5) is 14.4. The molecule has 0 spiro atoms. The zero-order valence-electron chi connectivity index (χ0n) is 11.0. The van der Waals surface area contributed by atoms with Crippen LogP contribution < -0.4 is 0 Å². The summed E-state index contributed by atoms with van der Waals surface area (Å²) in [6, 6.07) is 8.42. The predicted molar refractivity (Wildman–Crippen MR) is 78.4 cm³/mol. The first kappa shape index (κ1) is 13.6. The second-order valence-electron chi connectivity index (χ2n) is 5.23. The van der Waals surface area contributed by atoms with Crippen LogP contribution in [0.15, 0.2) is 24.3 Å². The molecule has 1 amide bonds. The highest BCUT2D eigenvalue weighted by Crippen LogP contribution is 2.22. The van der Waals surface area contributed by atoms with Crippen molar-refractivity contribution in [1.82, 2.24) is 4.90 Å². The van der Waals surface area contributed by atoms with Gasteiger partial charge < -0.3 is 4.90 Å². The molecule has 1 aromatic carbocycles. The van der Waals surface area contributed by atoms with Gasteiger partial charge in [0.1, 0.15) is 0 Å². The quantitative estimate of drug-likeness (QED) is 0.778. The molecule has 1 atom stereocenters. The summed E-state index contributed by atoms with van der Waals surface area (Å²) in [5.41, 5.74) is 2.09. The Morgan fingerprint density at radius 3 is 2.61 bits per heavy atom. The Bertz CT molecular complexity index is 413. The maximum absolute atomic E-state index is 12.4. The van der Waals surface area contributed by atoms with Crippen LogP contribution in [0, 0.1) is 0 Å². The number of carbonyl (C=O) groups is 1. The SMILES string of the molecule is CC(C)c1ccc(C(=O)N2CCCC2CBr)cc1. The molecule has 0 aliphatic carbocycles. The summed E-state index contributed by atoms with van der Waals surface area (Å²) in [5, 5.41) is 0.878. The van der Waals surface area contributed by atoms with E-state index < -0.39 is 0 Å². The smallest absolute Gasteiger partial charge is 0.254 e. The molecule has 2 nitrogen and oxygen atoms in total. The molecule has 0 bridgehead atoms. The van der Waals surface area contributed by atoms with Gasteiger partial charge in [-0.1, -0.05) is 41.9 Å². The number of likely N-dealkylation sites (tertiary alicyclic amines) is 1. The Labute approximate surface area is 117 Å². The van der Waals surface area contributed by atoms with Gasteiger partial charge in [0, 0.05) is 23.5 Å². The van der Waals surface area contributed by atoms with Crippen molar-refractivity contribution in [2.75, 3.05) is 11.9 Å². The topological polar surface area (TPSA) is 20.3 Å². The first-order valence-electron chi connectivity index (χ1n) is 6.60. The minimum Gasteiger partial charge on any atom is -0.335 e. The molecule has 2 rings (SSSR count). The van der Waals surface area contributed by atoms with Gasteiger partial charge in [-0.15, -0.1) is 0 Å². The third-order valence-electron chi connectivity index (χ3n) is 3.64. The van der Waals surface area contributed by atoms with Gasteiger partial charge in [-0.3, -0.25) is 4.79 Å². The third kappa shape index (κ3) is 2.77. The van der Waals surface area contributed by atoms with Crippen LogP contribution in [0.2, 0.25) is 0 Å². The highest BCUT2D eigenvalue weighted by Gasteiger charge is 2.28. The van der Waals surface area contributed by atoms with E-state index in [1.807, 2.05) is 17.0 Å². The maximum Gasteiger partial charge on any atom is 0.254 e. The molecule has 1 aromatic rings. The van der Waals surface area contributed by atoms with Crippen molar-refractivity contribution in [3.8, 4) is 0 Å². The van der Waals surface area contributed by atoms with Crippen LogP contribution in [-0.4, -0.2) is 28.7 Å². The average Bonchev–Trinajstić information content (AvgIpc) is 2.86. The molecule has 1 saturated heterocycles. The number of hydrogen-bond donors (Lipinski definition) is 0. The van der Waals surface area contributed by atoms with Gasteiger partial charge in [0.15, 0.2) is 0 Å².